The second-order valence-corrected chi connectivity index (χ2v) is 9.86. The molecule has 0 aromatic heterocycles. The van der Waals surface area contributed by atoms with Crippen LogP contribution in [-0.4, -0.2) is 26.1 Å². The van der Waals surface area contributed by atoms with E-state index in [9.17, 15) is 4.79 Å². The predicted molar refractivity (Wildman–Crippen MR) is 66.1 cm³/mol. The van der Waals surface area contributed by atoms with Gasteiger partial charge < -0.3 is 0 Å². The van der Waals surface area contributed by atoms with Gasteiger partial charge in [-0.15, -0.1) is 0 Å². The Labute approximate surface area is 101 Å². The van der Waals surface area contributed by atoms with E-state index in [1.165, 1.54) is 44.6 Å². The fourth-order valence-electron chi connectivity index (χ4n) is 1.42. The van der Waals surface area contributed by atoms with E-state index in [4.69, 9.17) is 3.07 Å². The van der Waals surface area contributed by atoms with Crippen molar-refractivity contribution >= 4 is 26.1 Å². The fraction of sp³-hybridized carbons (Fsp3) is 0.750. The minimum atomic E-state index is -1.79. The number of hydrogen-bond acceptors (Lipinski definition) is 2. The molecular weight excluding hydrogens is 295 g/mol. The van der Waals surface area contributed by atoms with E-state index in [1.54, 1.807) is 0 Å². The van der Waals surface area contributed by atoms with Gasteiger partial charge in [-0.3, -0.25) is 0 Å². The van der Waals surface area contributed by atoms with Gasteiger partial charge in [0, 0.05) is 0 Å². The summed E-state index contributed by atoms with van der Waals surface area (Å²) >= 11 is -1.79. The molecule has 87 valence electrons. The van der Waals surface area contributed by atoms with Crippen molar-refractivity contribution in [3.05, 3.63) is 12.7 Å². The summed E-state index contributed by atoms with van der Waals surface area (Å²) in [5, 5.41) is 0. The summed E-state index contributed by atoms with van der Waals surface area (Å²) in [7, 11) is 0. The Morgan fingerprint density at radius 1 is 1.27 bits per heavy atom. The van der Waals surface area contributed by atoms with Crippen molar-refractivity contribution in [1.82, 2.24) is 0 Å². The maximum atomic E-state index is 10.9. The standard InChI is InChI=1S/C8H17.C3H4O2.CH3.Sn/c1-3-5-7-8-6-4-2;1-2-3(4)5;;/h1,3-8H2,2H3;2H,1H2,(H,4,5);1H3;/q;;;+1/p-1. The van der Waals surface area contributed by atoms with Crippen LogP contribution in [0.5, 0.6) is 0 Å². The zero-order chi connectivity index (χ0) is 11.5. The van der Waals surface area contributed by atoms with Gasteiger partial charge in [-0.2, -0.15) is 0 Å². The normalized spacial score (nSPS) is 10.3. The monoisotopic (exact) mass is 319 g/mol. The summed E-state index contributed by atoms with van der Waals surface area (Å²) in [6.45, 7) is 5.63. The van der Waals surface area contributed by atoms with Crippen molar-refractivity contribution in [2.75, 3.05) is 0 Å². The molecule has 2 nitrogen and oxygen atoms in total. The molecule has 0 rings (SSSR count). The van der Waals surface area contributed by atoms with Crippen molar-refractivity contribution in [1.29, 1.82) is 0 Å². The predicted octanol–water partition coefficient (Wildman–Crippen LogP) is 3.70. The average molecular weight is 318 g/mol. The van der Waals surface area contributed by atoms with Gasteiger partial charge in [0.15, 0.2) is 0 Å². The molecule has 0 aliphatic carbocycles. The zero-order valence-electron chi connectivity index (χ0n) is 10.1. The molecule has 0 heterocycles. The summed E-state index contributed by atoms with van der Waals surface area (Å²) in [6, 6.07) is 0. The van der Waals surface area contributed by atoms with E-state index in [1.807, 2.05) is 0 Å². The van der Waals surface area contributed by atoms with E-state index in [-0.39, 0.29) is 5.97 Å². The third-order valence-electron chi connectivity index (χ3n) is 2.32. The molecule has 0 aliphatic rings. The minimum absolute atomic E-state index is 0.224. The van der Waals surface area contributed by atoms with Gasteiger partial charge >= 0.3 is 101 Å². The second-order valence-electron chi connectivity index (χ2n) is 3.85. The van der Waals surface area contributed by atoms with E-state index in [0.717, 1.165) is 4.44 Å². The van der Waals surface area contributed by atoms with Crippen LogP contribution in [0.3, 0.4) is 0 Å². The molecule has 0 atom stereocenters. The Morgan fingerprint density at radius 3 is 2.47 bits per heavy atom. The van der Waals surface area contributed by atoms with Crippen molar-refractivity contribution in [2.45, 2.75) is 54.8 Å². The molecule has 0 saturated carbocycles. The summed E-state index contributed by atoms with van der Waals surface area (Å²) in [6.07, 6.45) is 9.13. The number of carbonyl (C=O) groups excluding carboxylic acids is 1. The molecule has 3 heteroatoms. The van der Waals surface area contributed by atoms with Crippen LogP contribution < -0.4 is 0 Å². The van der Waals surface area contributed by atoms with Crippen molar-refractivity contribution in [2.24, 2.45) is 0 Å². The quantitative estimate of drug-likeness (QED) is 0.368. The Morgan fingerprint density at radius 2 is 1.87 bits per heavy atom. The van der Waals surface area contributed by atoms with E-state index < -0.39 is 20.2 Å². The Kier molecular flexibility index (Phi) is 10.5. The molecule has 0 fully saturated rings. The van der Waals surface area contributed by atoms with E-state index in [2.05, 4.69) is 18.4 Å². The van der Waals surface area contributed by atoms with Crippen LogP contribution in [0, 0.1) is 0 Å². The molecule has 1 radical (unpaired) electrons. The van der Waals surface area contributed by atoms with Crippen LogP contribution in [0.1, 0.15) is 45.4 Å². The third-order valence-corrected chi connectivity index (χ3v) is 6.91. The first-order valence-corrected chi connectivity index (χ1v) is 11.9. The summed E-state index contributed by atoms with van der Waals surface area (Å²) < 4.78 is 6.43. The molecule has 0 bridgehead atoms. The molecule has 0 spiro atoms. The maximum absolute atomic E-state index is 10.9. The molecule has 0 saturated heterocycles. The van der Waals surface area contributed by atoms with Gasteiger partial charge in [0.1, 0.15) is 0 Å². The van der Waals surface area contributed by atoms with E-state index >= 15 is 0 Å². The summed E-state index contributed by atoms with van der Waals surface area (Å²) in [5.74, 6) is -0.224. The van der Waals surface area contributed by atoms with Gasteiger partial charge in [-0.1, -0.05) is 0 Å². The van der Waals surface area contributed by atoms with Gasteiger partial charge in [-0.05, 0) is 0 Å². The molecule has 0 aromatic carbocycles. The van der Waals surface area contributed by atoms with Crippen LogP contribution in [0.2, 0.25) is 9.38 Å². The van der Waals surface area contributed by atoms with Gasteiger partial charge in [0.25, 0.3) is 0 Å². The third kappa shape index (κ3) is 10.3. The van der Waals surface area contributed by atoms with Crippen molar-refractivity contribution in [3.63, 3.8) is 0 Å². The first-order valence-electron chi connectivity index (χ1n) is 5.87. The van der Waals surface area contributed by atoms with Crippen LogP contribution in [-0.2, 0) is 7.87 Å². The number of hydrogen-bond donors (Lipinski definition) is 0. The van der Waals surface area contributed by atoms with Gasteiger partial charge in [-0.25, -0.2) is 0 Å². The molecule has 0 N–H and O–H groups in total. The van der Waals surface area contributed by atoms with Crippen molar-refractivity contribution < 1.29 is 7.87 Å². The zero-order valence-corrected chi connectivity index (χ0v) is 12.9. The topological polar surface area (TPSA) is 26.3 Å². The molecular formula is C12H23O2Sn. The molecule has 0 aromatic rings. The summed E-state index contributed by atoms with van der Waals surface area (Å²) in [5.41, 5.74) is 0. The Balaban J connectivity index is 3.27. The fourth-order valence-corrected chi connectivity index (χ4v) is 5.06. The van der Waals surface area contributed by atoms with Crippen LogP contribution in [0.15, 0.2) is 12.7 Å². The van der Waals surface area contributed by atoms with Crippen molar-refractivity contribution in [3.8, 4) is 0 Å². The molecule has 0 amide bonds. The molecule has 15 heavy (non-hydrogen) atoms. The Bertz CT molecular complexity index is 180. The summed E-state index contributed by atoms with van der Waals surface area (Å²) in [4.78, 5) is 13.0. The second kappa shape index (κ2) is 10.5. The van der Waals surface area contributed by atoms with Crippen LogP contribution in [0.4, 0.5) is 0 Å². The van der Waals surface area contributed by atoms with Crippen LogP contribution in [0.25, 0.3) is 0 Å². The molecule has 0 unspecified atom stereocenters. The molecule has 0 aliphatic heterocycles. The first-order chi connectivity index (χ1) is 7.20. The SMILES string of the molecule is C=CC(=O)[O][Sn]([CH3])[CH2]CCCCCCC. The van der Waals surface area contributed by atoms with Gasteiger partial charge in [0.05, 0.1) is 0 Å². The van der Waals surface area contributed by atoms with Crippen LogP contribution >= 0.6 is 0 Å². The Hall–Kier alpha value is 0.00870. The average Bonchev–Trinajstić information content (AvgIpc) is 2.23. The van der Waals surface area contributed by atoms with Gasteiger partial charge in [0.2, 0.25) is 0 Å². The number of carbonyl (C=O) groups is 1. The number of rotatable bonds is 9. The first kappa shape index (κ1) is 15.0. The number of unbranched alkanes of at least 4 members (excludes halogenated alkanes) is 5. The van der Waals surface area contributed by atoms with E-state index in [0.29, 0.717) is 0 Å².